The second kappa shape index (κ2) is 5.76. The fourth-order valence-corrected chi connectivity index (χ4v) is 4.09. The molecule has 8 heteroatoms. The van der Waals surface area contributed by atoms with Crippen LogP contribution in [0.15, 0.2) is 35.4 Å². The number of hydrogen-bond acceptors (Lipinski definition) is 4. The van der Waals surface area contributed by atoms with Gasteiger partial charge in [-0.3, -0.25) is 0 Å². The molecule has 0 fully saturated rings. The summed E-state index contributed by atoms with van der Waals surface area (Å²) in [6.45, 7) is 0.264. The van der Waals surface area contributed by atoms with Crippen molar-refractivity contribution < 1.29 is 8.42 Å². The fourth-order valence-electron chi connectivity index (χ4n) is 1.47. The lowest BCUT2D eigenvalue weighted by atomic mass is 10.5. The molecule has 0 aromatic carbocycles. The van der Waals surface area contributed by atoms with Gasteiger partial charge in [-0.1, -0.05) is 23.2 Å². The number of aromatic nitrogens is 1. The van der Waals surface area contributed by atoms with E-state index >= 15 is 0 Å². The number of halogens is 2. The van der Waals surface area contributed by atoms with Crippen molar-refractivity contribution in [2.24, 2.45) is 0 Å². The highest BCUT2D eigenvalue weighted by atomic mass is 35.5. The third-order valence-electron chi connectivity index (χ3n) is 2.41. The zero-order valence-corrected chi connectivity index (χ0v) is 13.0. The highest BCUT2D eigenvalue weighted by molar-refractivity contribution is 7.89. The molecule has 102 valence electrons. The second-order valence-electron chi connectivity index (χ2n) is 3.78. The van der Waals surface area contributed by atoms with Gasteiger partial charge in [0.1, 0.15) is 5.15 Å². The van der Waals surface area contributed by atoms with Crippen LogP contribution < -0.4 is 0 Å². The maximum atomic E-state index is 12.3. The summed E-state index contributed by atoms with van der Waals surface area (Å²) in [5, 5.41) is 0.147. The first-order valence-electron chi connectivity index (χ1n) is 5.22. The van der Waals surface area contributed by atoms with Crippen LogP contribution in [-0.2, 0) is 16.6 Å². The summed E-state index contributed by atoms with van der Waals surface area (Å²) in [5.74, 6) is 0. The zero-order chi connectivity index (χ0) is 14.0. The lowest BCUT2D eigenvalue weighted by Crippen LogP contribution is -2.26. The van der Waals surface area contributed by atoms with E-state index in [-0.39, 0.29) is 16.6 Å². The molecule has 0 saturated carbocycles. The van der Waals surface area contributed by atoms with Crippen LogP contribution in [0.5, 0.6) is 0 Å². The normalized spacial score (nSPS) is 12.0. The fraction of sp³-hybridized carbons (Fsp3) is 0.182. The topological polar surface area (TPSA) is 50.3 Å². The first kappa shape index (κ1) is 14.7. The van der Waals surface area contributed by atoms with Gasteiger partial charge in [0.15, 0.2) is 0 Å². The number of thiophene rings is 1. The maximum absolute atomic E-state index is 12.3. The van der Waals surface area contributed by atoms with Crippen molar-refractivity contribution in [1.29, 1.82) is 0 Å². The van der Waals surface area contributed by atoms with Crippen molar-refractivity contribution in [2.45, 2.75) is 11.4 Å². The van der Waals surface area contributed by atoms with Gasteiger partial charge in [-0.25, -0.2) is 13.4 Å². The van der Waals surface area contributed by atoms with Crippen LogP contribution in [0.3, 0.4) is 0 Å². The van der Waals surface area contributed by atoms with Gasteiger partial charge in [-0.15, -0.1) is 11.3 Å². The minimum absolute atomic E-state index is 0.123. The summed E-state index contributed by atoms with van der Waals surface area (Å²) >= 11 is 12.9. The maximum Gasteiger partial charge on any atom is 0.243 e. The van der Waals surface area contributed by atoms with Crippen LogP contribution in [0.25, 0.3) is 0 Å². The molecule has 2 rings (SSSR count). The minimum Gasteiger partial charge on any atom is -0.244 e. The molecular weight excluding hydrogens is 327 g/mol. The molecular formula is C11H10Cl2N2O2S2. The molecule has 2 aromatic heterocycles. The Bertz CT molecular complexity index is 686. The monoisotopic (exact) mass is 336 g/mol. The molecule has 0 N–H and O–H groups in total. The van der Waals surface area contributed by atoms with E-state index in [0.717, 1.165) is 4.88 Å². The Morgan fingerprint density at radius 3 is 2.63 bits per heavy atom. The predicted octanol–water partition coefficient (Wildman–Crippen LogP) is 3.27. The van der Waals surface area contributed by atoms with Crippen molar-refractivity contribution in [3.05, 3.63) is 44.8 Å². The van der Waals surface area contributed by atoms with Crippen LogP contribution in [0.1, 0.15) is 4.88 Å². The standard InChI is InChI=1S/C11H10Cl2N2O2S2/c1-15(7-8-2-3-11(13)18-8)19(16,17)9-4-5-14-10(12)6-9/h2-6H,7H2,1H3. The van der Waals surface area contributed by atoms with Gasteiger partial charge in [-0.2, -0.15) is 4.31 Å². The molecule has 0 bridgehead atoms. The molecule has 0 amide bonds. The molecule has 0 aliphatic rings. The van der Waals surface area contributed by atoms with Crippen molar-refractivity contribution >= 4 is 44.6 Å². The molecule has 2 heterocycles. The smallest absolute Gasteiger partial charge is 0.243 e. The molecule has 19 heavy (non-hydrogen) atoms. The van der Waals surface area contributed by atoms with E-state index in [1.165, 1.54) is 41.0 Å². The third-order valence-corrected chi connectivity index (χ3v) is 5.64. The number of pyridine rings is 1. The Hall–Kier alpha value is -0.660. The van der Waals surface area contributed by atoms with E-state index < -0.39 is 10.0 Å². The van der Waals surface area contributed by atoms with E-state index in [1.807, 2.05) is 0 Å². The van der Waals surface area contributed by atoms with Crippen LogP contribution in [-0.4, -0.2) is 24.8 Å². The SMILES string of the molecule is CN(Cc1ccc(Cl)s1)S(=O)(=O)c1ccnc(Cl)c1. The number of hydrogen-bond donors (Lipinski definition) is 0. The number of nitrogens with zero attached hydrogens (tertiary/aromatic N) is 2. The molecule has 0 atom stereocenters. The van der Waals surface area contributed by atoms with Crippen LogP contribution in [0.2, 0.25) is 9.49 Å². The van der Waals surface area contributed by atoms with Crippen molar-refractivity contribution in [1.82, 2.24) is 9.29 Å². The van der Waals surface area contributed by atoms with E-state index in [1.54, 1.807) is 12.1 Å². The summed E-state index contributed by atoms with van der Waals surface area (Å²) < 4.78 is 26.5. The lowest BCUT2D eigenvalue weighted by molar-refractivity contribution is 0.469. The third kappa shape index (κ3) is 3.46. The quantitative estimate of drug-likeness (QED) is 0.805. The van der Waals surface area contributed by atoms with Crippen LogP contribution in [0.4, 0.5) is 0 Å². The van der Waals surface area contributed by atoms with Crippen molar-refractivity contribution in [3.63, 3.8) is 0 Å². The molecule has 2 aromatic rings. The summed E-state index contributed by atoms with van der Waals surface area (Å²) in [6, 6.07) is 6.29. The highest BCUT2D eigenvalue weighted by Gasteiger charge is 2.21. The van der Waals surface area contributed by atoms with Gasteiger partial charge in [-0.05, 0) is 24.3 Å². The molecule has 4 nitrogen and oxygen atoms in total. The Morgan fingerprint density at radius 1 is 1.32 bits per heavy atom. The molecule has 0 unspecified atom stereocenters. The van der Waals surface area contributed by atoms with Crippen molar-refractivity contribution in [2.75, 3.05) is 7.05 Å². The summed E-state index contributed by atoms with van der Waals surface area (Å²) in [6.07, 6.45) is 1.37. The van der Waals surface area contributed by atoms with Crippen molar-refractivity contribution in [3.8, 4) is 0 Å². The van der Waals surface area contributed by atoms with Gasteiger partial charge in [0, 0.05) is 24.7 Å². The Balaban J connectivity index is 2.24. The van der Waals surface area contributed by atoms with Gasteiger partial charge in [0.25, 0.3) is 0 Å². The van der Waals surface area contributed by atoms with Gasteiger partial charge < -0.3 is 0 Å². The van der Waals surface area contributed by atoms with Crippen LogP contribution in [0, 0.1) is 0 Å². The largest absolute Gasteiger partial charge is 0.244 e. The summed E-state index contributed by atoms with van der Waals surface area (Å²) in [7, 11) is -2.07. The zero-order valence-electron chi connectivity index (χ0n) is 9.88. The first-order chi connectivity index (χ1) is 8.89. The average Bonchev–Trinajstić information content (AvgIpc) is 2.74. The highest BCUT2D eigenvalue weighted by Crippen LogP contribution is 2.25. The van der Waals surface area contributed by atoms with Gasteiger partial charge in [0.2, 0.25) is 10.0 Å². The van der Waals surface area contributed by atoms with Gasteiger partial charge >= 0.3 is 0 Å². The molecule has 0 saturated heterocycles. The second-order valence-corrected chi connectivity index (χ2v) is 8.01. The van der Waals surface area contributed by atoms with E-state index in [9.17, 15) is 8.42 Å². The molecule has 0 spiro atoms. The van der Waals surface area contributed by atoms with E-state index in [4.69, 9.17) is 23.2 Å². The number of sulfonamides is 1. The number of rotatable bonds is 4. The van der Waals surface area contributed by atoms with E-state index in [0.29, 0.717) is 4.34 Å². The molecule has 0 radical (unpaired) electrons. The predicted molar refractivity (Wildman–Crippen MR) is 77.2 cm³/mol. The average molecular weight is 337 g/mol. The summed E-state index contributed by atoms with van der Waals surface area (Å²) in [5.41, 5.74) is 0. The molecule has 0 aliphatic heterocycles. The van der Waals surface area contributed by atoms with E-state index in [2.05, 4.69) is 4.98 Å². The lowest BCUT2D eigenvalue weighted by Gasteiger charge is -2.16. The van der Waals surface area contributed by atoms with Gasteiger partial charge in [0.05, 0.1) is 9.23 Å². The Morgan fingerprint density at radius 2 is 2.05 bits per heavy atom. The first-order valence-corrected chi connectivity index (χ1v) is 8.23. The molecule has 0 aliphatic carbocycles. The Kier molecular flexibility index (Phi) is 4.47. The Labute approximate surface area is 125 Å². The summed E-state index contributed by atoms with van der Waals surface area (Å²) in [4.78, 5) is 4.76. The minimum atomic E-state index is -3.58. The van der Waals surface area contributed by atoms with Crippen LogP contribution >= 0.6 is 34.5 Å².